The molecule has 2 aliphatic carbocycles. The third kappa shape index (κ3) is 5.18. The molecular formula is C31H38O10. The summed E-state index contributed by atoms with van der Waals surface area (Å²) in [6.07, 6.45) is 3.05. The van der Waals surface area contributed by atoms with Crippen LogP contribution >= 0.6 is 0 Å². The Hall–Kier alpha value is -3.53. The summed E-state index contributed by atoms with van der Waals surface area (Å²) in [5.74, 6) is -4.93. The molecule has 4 rings (SSSR count). The van der Waals surface area contributed by atoms with Crippen molar-refractivity contribution in [1.29, 1.82) is 0 Å². The minimum absolute atomic E-state index is 0.0113. The van der Waals surface area contributed by atoms with E-state index < -0.39 is 75.9 Å². The monoisotopic (exact) mass is 570 g/mol. The van der Waals surface area contributed by atoms with E-state index in [0.29, 0.717) is 5.56 Å². The summed E-state index contributed by atoms with van der Waals surface area (Å²) in [5, 5.41) is 12.2. The molecule has 222 valence electrons. The second-order valence-corrected chi connectivity index (χ2v) is 12.5. The van der Waals surface area contributed by atoms with E-state index in [0.717, 1.165) is 6.08 Å². The van der Waals surface area contributed by atoms with Crippen LogP contribution in [0.15, 0.2) is 46.3 Å². The summed E-state index contributed by atoms with van der Waals surface area (Å²) >= 11 is 0. The molecule has 1 aliphatic heterocycles. The highest BCUT2D eigenvalue weighted by Crippen LogP contribution is 2.56. The van der Waals surface area contributed by atoms with Gasteiger partial charge in [0.2, 0.25) is 0 Å². The Bertz CT molecular complexity index is 1320. The van der Waals surface area contributed by atoms with Gasteiger partial charge in [-0.2, -0.15) is 0 Å². The minimum Gasteiger partial charge on any atom is -0.472 e. The van der Waals surface area contributed by atoms with E-state index in [-0.39, 0.29) is 30.4 Å². The Kier molecular flexibility index (Phi) is 7.94. The van der Waals surface area contributed by atoms with Crippen molar-refractivity contribution in [3.05, 3.63) is 47.5 Å². The minimum atomic E-state index is -2.33. The highest BCUT2D eigenvalue weighted by molar-refractivity contribution is 6.10. The lowest BCUT2D eigenvalue weighted by Gasteiger charge is -2.50. The van der Waals surface area contributed by atoms with E-state index in [1.54, 1.807) is 39.8 Å². The maximum atomic E-state index is 14.2. The molecule has 10 heteroatoms. The van der Waals surface area contributed by atoms with Crippen molar-refractivity contribution in [3.63, 3.8) is 0 Å². The van der Waals surface area contributed by atoms with Gasteiger partial charge in [-0.15, -0.1) is 0 Å². The van der Waals surface area contributed by atoms with Crippen LogP contribution in [0.5, 0.6) is 0 Å². The van der Waals surface area contributed by atoms with Crippen LogP contribution in [0.25, 0.3) is 0 Å². The fraction of sp³-hybridized carbons (Fsp3) is 0.581. The average Bonchev–Trinajstić information content (AvgIpc) is 3.45. The summed E-state index contributed by atoms with van der Waals surface area (Å²) in [6.45, 7) is 10.3. The molecule has 1 aromatic heterocycles. The molecule has 0 amide bonds. The van der Waals surface area contributed by atoms with Gasteiger partial charge in [-0.05, 0) is 30.2 Å². The van der Waals surface area contributed by atoms with Crippen molar-refractivity contribution in [2.24, 2.45) is 28.6 Å². The zero-order chi connectivity index (χ0) is 30.5. The van der Waals surface area contributed by atoms with Crippen LogP contribution in [0, 0.1) is 28.6 Å². The van der Waals surface area contributed by atoms with Gasteiger partial charge in [0.05, 0.1) is 25.6 Å². The third-order valence-corrected chi connectivity index (χ3v) is 9.02. The molecule has 0 bridgehead atoms. The van der Waals surface area contributed by atoms with Gasteiger partial charge in [-0.1, -0.05) is 47.6 Å². The van der Waals surface area contributed by atoms with Crippen LogP contribution < -0.4 is 0 Å². The smallest absolute Gasteiger partial charge is 0.331 e. The van der Waals surface area contributed by atoms with Crippen LogP contribution in [-0.2, 0) is 38.2 Å². The molecule has 10 nitrogen and oxygen atoms in total. The van der Waals surface area contributed by atoms with Gasteiger partial charge >= 0.3 is 17.9 Å². The number of ether oxygens (including phenoxy) is 3. The topological polar surface area (TPSA) is 146 Å². The number of hydrogen-bond donors (Lipinski definition) is 1. The number of hydrogen-bond acceptors (Lipinski definition) is 10. The number of ketones is 2. The Morgan fingerprint density at radius 1 is 1.15 bits per heavy atom. The largest absolute Gasteiger partial charge is 0.472 e. The van der Waals surface area contributed by atoms with Gasteiger partial charge in [0.15, 0.2) is 23.3 Å². The summed E-state index contributed by atoms with van der Waals surface area (Å²) in [5.41, 5.74) is -3.52. The Morgan fingerprint density at radius 3 is 2.41 bits per heavy atom. The van der Waals surface area contributed by atoms with Crippen LogP contribution in [0.1, 0.15) is 72.5 Å². The molecule has 6 unspecified atom stereocenters. The molecule has 1 saturated carbocycles. The van der Waals surface area contributed by atoms with E-state index >= 15 is 0 Å². The Morgan fingerprint density at radius 2 is 1.83 bits per heavy atom. The molecule has 41 heavy (non-hydrogen) atoms. The van der Waals surface area contributed by atoms with Crippen molar-refractivity contribution in [2.45, 2.75) is 78.6 Å². The quantitative estimate of drug-likeness (QED) is 0.379. The van der Waals surface area contributed by atoms with Crippen LogP contribution in [0.3, 0.4) is 0 Å². The first kappa shape index (κ1) is 30.4. The van der Waals surface area contributed by atoms with Gasteiger partial charge in [-0.25, -0.2) is 4.79 Å². The summed E-state index contributed by atoms with van der Waals surface area (Å²) in [4.78, 5) is 65.8. The van der Waals surface area contributed by atoms with E-state index in [1.165, 1.54) is 19.6 Å². The predicted molar refractivity (Wildman–Crippen MR) is 144 cm³/mol. The molecule has 1 fully saturated rings. The lowest BCUT2D eigenvalue weighted by molar-refractivity contribution is -0.179. The number of carbonyl (C=O) groups excluding carboxylic acids is 5. The van der Waals surface area contributed by atoms with Crippen molar-refractivity contribution >= 4 is 29.5 Å². The normalized spacial score (nSPS) is 31.9. The maximum absolute atomic E-state index is 14.2. The fourth-order valence-corrected chi connectivity index (χ4v) is 6.45. The molecule has 1 N–H and O–H groups in total. The maximum Gasteiger partial charge on any atom is 0.331 e. The Balaban J connectivity index is 1.81. The Labute approximate surface area is 239 Å². The first-order valence-corrected chi connectivity index (χ1v) is 13.8. The summed E-state index contributed by atoms with van der Waals surface area (Å²) in [7, 11) is 1.28. The van der Waals surface area contributed by atoms with Crippen LogP contribution in [0.4, 0.5) is 0 Å². The summed E-state index contributed by atoms with van der Waals surface area (Å²) < 4.78 is 21.4. The zero-order valence-corrected chi connectivity index (χ0v) is 24.5. The number of rotatable bonds is 7. The van der Waals surface area contributed by atoms with Gasteiger partial charge < -0.3 is 23.7 Å². The third-order valence-electron chi connectivity index (χ3n) is 9.02. The number of Topliss-reactive ketones (excluding diaryl/α,β-unsaturated/α-hetero) is 2. The van der Waals surface area contributed by atoms with Crippen molar-refractivity contribution in [2.75, 3.05) is 7.11 Å². The average molecular weight is 571 g/mol. The number of furan rings is 1. The summed E-state index contributed by atoms with van der Waals surface area (Å²) in [6, 6.07) is 1.64. The molecule has 2 heterocycles. The van der Waals surface area contributed by atoms with Crippen LogP contribution in [0.2, 0.25) is 0 Å². The van der Waals surface area contributed by atoms with E-state index in [4.69, 9.17) is 18.6 Å². The molecule has 0 spiro atoms. The van der Waals surface area contributed by atoms with Gasteiger partial charge in [0, 0.05) is 40.5 Å². The van der Waals surface area contributed by atoms with E-state index in [2.05, 4.69) is 0 Å². The highest BCUT2D eigenvalue weighted by Gasteiger charge is 2.61. The van der Waals surface area contributed by atoms with Gasteiger partial charge in [0.1, 0.15) is 6.10 Å². The van der Waals surface area contributed by atoms with Crippen molar-refractivity contribution in [1.82, 2.24) is 0 Å². The molecule has 3 aliphatic rings. The predicted octanol–water partition coefficient (Wildman–Crippen LogP) is 3.82. The number of fused-ring (bicyclic) bond motifs is 1. The van der Waals surface area contributed by atoms with Crippen molar-refractivity contribution in [3.8, 4) is 0 Å². The van der Waals surface area contributed by atoms with Crippen LogP contribution in [-0.4, -0.2) is 53.4 Å². The number of methoxy groups -OCH3 is 1. The zero-order valence-electron chi connectivity index (χ0n) is 24.5. The number of allylic oxidation sites excluding steroid dienone is 1. The molecule has 1 aromatic rings. The van der Waals surface area contributed by atoms with Gasteiger partial charge in [-0.3, -0.25) is 19.2 Å². The second kappa shape index (κ2) is 10.7. The first-order chi connectivity index (χ1) is 19.1. The first-order valence-electron chi connectivity index (χ1n) is 13.8. The molecule has 6 atom stereocenters. The van der Waals surface area contributed by atoms with E-state index in [1.807, 2.05) is 13.8 Å². The fourth-order valence-electron chi connectivity index (χ4n) is 6.45. The lowest BCUT2D eigenvalue weighted by Crippen LogP contribution is -2.61. The second-order valence-electron chi connectivity index (χ2n) is 12.5. The lowest BCUT2D eigenvalue weighted by atomic mass is 9.57. The number of esters is 3. The molecule has 0 saturated heterocycles. The van der Waals surface area contributed by atoms with E-state index in [9.17, 15) is 29.1 Å². The van der Waals surface area contributed by atoms with Gasteiger partial charge in [0.25, 0.3) is 0 Å². The molecule has 0 aromatic carbocycles. The number of cyclic esters (lactones) is 1. The standard InChI is InChI=1S/C31H38O10/c1-16(2)28(36)41-27(19-14-29(4,5)20(12-22(32)38-7)17(3)24(19)34)31(37)10-9-30(6)21(25(31)35)13-23(33)40-26(30)18-8-11-39-15-18/h8,11,13-17,20,26-27,37H,9-10,12H2,1-7H3. The number of carbonyl (C=O) groups is 5. The van der Waals surface area contributed by atoms with Crippen molar-refractivity contribution < 1.29 is 47.7 Å². The highest BCUT2D eigenvalue weighted by atomic mass is 16.6. The SMILES string of the molecule is COC(=O)CC1C(C)C(=O)C(C(OC(=O)C(C)C)C2(O)CCC3(C)C(=CC(=O)OC3c3ccoc3)C2=O)=CC1(C)C. The molecular weight excluding hydrogens is 532 g/mol. The molecule has 0 radical (unpaired) electrons. The number of aliphatic hydroxyl groups is 1.